The van der Waals surface area contributed by atoms with Crippen LogP contribution in [0.2, 0.25) is 5.02 Å². The van der Waals surface area contributed by atoms with Crippen molar-refractivity contribution in [3.8, 4) is 5.75 Å². The lowest BCUT2D eigenvalue weighted by Crippen LogP contribution is -2.09. The Hall–Kier alpha value is -2.93. The standard InChI is InChI=1S/C15H11ClN2O5/c16-13-6-10(4-5-14(13)23-9-15(19)20)8-17-11-2-1-3-12(7-11)18(21)22/h1-8H,9H2,(H,19,20). The average molecular weight is 335 g/mol. The number of hydrogen-bond donors (Lipinski definition) is 1. The smallest absolute Gasteiger partial charge is 0.341 e. The van der Waals surface area contributed by atoms with E-state index in [0.29, 0.717) is 11.3 Å². The highest BCUT2D eigenvalue weighted by Crippen LogP contribution is 2.25. The molecule has 2 aromatic carbocycles. The van der Waals surface area contributed by atoms with Crippen LogP contribution in [0.25, 0.3) is 0 Å². The minimum absolute atomic E-state index is 0.0462. The summed E-state index contributed by atoms with van der Waals surface area (Å²) in [6.07, 6.45) is 1.49. The largest absolute Gasteiger partial charge is 0.480 e. The maximum absolute atomic E-state index is 10.7. The second kappa shape index (κ2) is 7.37. The van der Waals surface area contributed by atoms with Gasteiger partial charge in [-0.3, -0.25) is 15.1 Å². The molecule has 0 bridgehead atoms. The first-order chi connectivity index (χ1) is 11.0. The van der Waals surface area contributed by atoms with Gasteiger partial charge < -0.3 is 9.84 Å². The van der Waals surface area contributed by atoms with E-state index in [1.807, 2.05) is 0 Å². The number of nitro groups is 1. The molecule has 0 spiro atoms. The monoisotopic (exact) mass is 334 g/mol. The van der Waals surface area contributed by atoms with Crippen molar-refractivity contribution in [2.45, 2.75) is 0 Å². The maximum atomic E-state index is 10.7. The second-order valence-corrected chi connectivity index (χ2v) is 4.81. The van der Waals surface area contributed by atoms with E-state index in [4.69, 9.17) is 21.4 Å². The number of hydrogen-bond acceptors (Lipinski definition) is 5. The predicted octanol–water partition coefficient (Wildman–Crippen LogP) is 3.46. The molecule has 118 valence electrons. The van der Waals surface area contributed by atoms with Crippen LogP contribution >= 0.6 is 11.6 Å². The third-order valence-electron chi connectivity index (χ3n) is 2.71. The lowest BCUT2D eigenvalue weighted by molar-refractivity contribution is -0.384. The first-order valence-corrected chi connectivity index (χ1v) is 6.76. The molecule has 0 amide bonds. The molecule has 23 heavy (non-hydrogen) atoms. The van der Waals surface area contributed by atoms with Crippen LogP contribution in [0.1, 0.15) is 5.56 Å². The lowest BCUT2D eigenvalue weighted by Gasteiger charge is -2.05. The van der Waals surface area contributed by atoms with E-state index in [2.05, 4.69) is 4.99 Å². The van der Waals surface area contributed by atoms with Gasteiger partial charge in [0.1, 0.15) is 5.75 Å². The number of carbonyl (C=O) groups is 1. The molecule has 0 aliphatic rings. The number of carboxylic acid groups (broad SMARTS) is 1. The number of carboxylic acids is 1. The number of aliphatic imine (C=N–C) groups is 1. The van der Waals surface area contributed by atoms with Gasteiger partial charge in [-0.25, -0.2) is 4.79 Å². The van der Waals surface area contributed by atoms with Gasteiger partial charge in [-0.15, -0.1) is 0 Å². The van der Waals surface area contributed by atoms with Crippen LogP contribution in [-0.2, 0) is 4.79 Å². The Morgan fingerprint density at radius 3 is 2.78 bits per heavy atom. The third kappa shape index (κ3) is 4.79. The quantitative estimate of drug-likeness (QED) is 0.495. The Kier molecular flexibility index (Phi) is 5.27. The fourth-order valence-corrected chi connectivity index (χ4v) is 1.93. The maximum Gasteiger partial charge on any atom is 0.341 e. The highest BCUT2D eigenvalue weighted by Gasteiger charge is 2.06. The summed E-state index contributed by atoms with van der Waals surface area (Å²) in [5, 5.41) is 19.5. The number of halogens is 1. The molecule has 0 radical (unpaired) electrons. The number of benzene rings is 2. The van der Waals surface area contributed by atoms with Gasteiger partial charge in [0.05, 0.1) is 15.6 Å². The van der Waals surface area contributed by atoms with Gasteiger partial charge in [0.15, 0.2) is 6.61 Å². The molecule has 0 aliphatic carbocycles. The van der Waals surface area contributed by atoms with E-state index in [-0.39, 0.29) is 16.5 Å². The molecule has 1 N–H and O–H groups in total. The normalized spacial score (nSPS) is 10.7. The van der Waals surface area contributed by atoms with Gasteiger partial charge in [0.2, 0.25) is 0 Å². The number of nitrogens with zero attached hydrogens (tertiary/aromatic N) is 2. The van der Waals surface area contributed by atoms with Crippen molar-refractivity contribution < 1.29 is 19.6 Å². The van der Waals surface area contributed by atoms with Gasteiger partial charge in [-0.2, -0.15) is 0 Å². The van der Waals surface area contributed by atoms with Gasteiger partial charge in [0, 0.05) is 18.3 Å². The summed E-state index contributed by atoms with van der Waals surface area (Å²) in [5.41, 5.74) is 1.03. The topological polar surface area (TPSA) is 102 Å². The molecular formula is C15H11ClN2O5. The summed E-state index contributed by atoms with van der Waals surface area (Å²) in [4.78, 5) is 24.8. The van der Waals surface area contributed by atoms with E-state index in [1.54, 1.807) is 24.3 Å². The Morgan fingerprint density at radius 1 is 1.35 bits per heavy atom. The van der Waals surface area contributed by atoms with Crippen LogP contribution in [0.4, 0.5) is 11.4 Å². The Labute approximate surface area is 136 Å². The SMILES string of the molecule is O=C(O)COc1ccc(C=Nc2cccc([N+](=O)[O-])c2)cc1Cl. The molecule has 0 saturated carbocycles. The minimum Gasteiger partial charge on any atom is -0.480 e. The minimum atomic E-state index is -1.10. The van der Waals surface area contributed by atoms with Crippen LogP contribution < -0.4 is 4.74 Å². The second-order valence-electron chi connectivity index (χ2n) is 4.41. The van der Waals surface area contributed by atoms with E-state index in [9.17, 15) is 14.9 Å². The van der Waals surface area contributed by atoms with Gasteiger partial charge in [0.25, 0.3) is 5.69 Å². The summed E-state index contributed by atoms with van der Waals surface area (Å²) in [5.74, 6) is -0.848. The van der Waals surface area contributed by atoms with E-state index >= 15 is 0 Å². The fourth-order valence-electron chi connectivity index (χ4n) is 1.69. The number of nitro benzene ring substituents is 1. The van der Waals surface area contributed by atoms with Gasteiger partial charge in [-0.05, 0) is 29.8 Å². The molecule has 0 aromatic heterocycles. The third-order valence-corrected chi connectivity index (χ3v) is 3.01. The predicted molar refractivity (Wildman–Crippen MR) is 84.9 cm³/mol. The Bertz CT molecular complexity index is 776. The van der Waals surface area contributed by atoms with E-state index in [1.165, 1.54) is 24.4 Å². The van der Waals surface area contributed by atoms with Gasteiger partial charge >= 0.3 is 5.97 Å². The average Bonchev–Trinajstić information content (AvgIpc) is 2.52. The van der Waals surface area contributed by atoms with Crippen molar-refractivity contribution in [3.63, 3.8) is 0 Å². The molecule has 2 rings (SSSR count). The van der Waals surface area contributed by atoms with Crippen molar-refractivity contribution >= 4 is 35.2 Å². The van der Waals surface area contributed by atoms with Crippen LogP contribution in [0.5, 0.6) is 5.75 Å². The molecule has 0 heterocycles. The van der Waals surface area contributed by atoms with Crippen molar-refractivity contribution in [1.82, 2.24) is 0 Å². The van der Waals surface area contributed by atoms with Gasteiger partial charge in [-0.1, -0.05) is 17.7 Å². The Balaban J connectivity index is 2.14. The first kappa shape index (κ1) is 16.4. The number of aliphatic carboxylic acids is 1. The zero-order valence-electron chi connectivity index (χ0n) is 11.7. The lowest BCUT2D eigenvalue weighted by atomic mass is 10.2. The van der Waals surface area contributed by atoms with Crippen LogP contribution in [0.3, 0.4) is 0 Å². The zero-order chi connectivity index (χ0) is 16.8. The number of non-ortho nitro benzene ring substituents is 1. The van der Waals surface area contributed by atoms with Crippen LogP contribution in [0, 0.1) is 10.1 Å². The van der Waals surface area contributed by atoms with Crippen LogP contribution in [-0.4, -0.2) is 28.8 Å². The van der Waals surface area contributed by atoms with Crippen molar-refractivity contribution in [1.29, 1.82) is 0 Å². The van der Waals surface area contributed by atoms with Crippen molar-refractivity contribution in [2.24, 2.45) is 4.99 Å². The summed E-state index contributed by atoms with van der Waals surface area (Å²) < 4.78 is 5.01. The fraction of sp³-hybridized carbons (Fsp3) is 0.0667. The molecule has 2 aromatic rings. The number of rotatable bonds is 6. The zero-order valence-corrected chi connectivity index (χ0v) is 12.4. The van der Waals surface area contributed by atoms with E-state index < -0.39 is 17.5 Å². The first-order valence-electron chi connectivity index (χ1n) is 6.38. The molecule has 0 fully saturated rings. The molecule has 0 unspecified atom stereocenters. The summed E-state index contributed by atoms with van der Waals surface area (Å²) >= 11 is 5.99. The van der Waals surface area contributed by atoms with E-state index in [0.717, 1.165) is 0 Å². The molecule has 0 aliphatic heterocycles. The Morgan fingerprint density at radius 2 is 2.13 bits per heavy atom. The van der Waals surface area contributed by atoms with Crippen molar-refractivity contribution in [3.05, 3.63) is 63.2 Å². The van der Waals surface area contributed by atoms with Crippen molar-refractivity contribution in [2.75, 3.05) is 6.61 Å². The molecule has 0 saturated heterocycles. The highest BCUT2D eigenvalue weighted by atomic mass is 35.5. The molecular weight excluding hydrogens is 324 g/mol. The summed E-state index contributed by atoms with van der Waals surface area (Å²) in [6, 6.07) is 10.6. The number of ether oxygens (including phenoxy) is 1. The summed E-state index contributed by atoms with van der Waals surface area (Å²) in [7, 11) is 0. The molecule has 8 heteroatoms. The molecule has 0 atom stereocenters. The molecule has 7 nitrogen and oxygen atoms in total. The highest BCUT2D eigenvalue weighted by molar-refractivity contribution is 6.32. The van der Waals surface area contributed by atoms with Crippen LogP contribution in [0.15, 0.2) is 47.5 Å². The summed E-state index contributed by atoms with van der Waals surface area (Å²) in [6.45, 7) is -0.485.